The average Bonchev–Trinajstić information content (AvgIpc) is 2.29. The van der Waals surface area contributed by atoms with E-state index in [1.54, 1.807) is 12.4 Å². The first-order valence-corrected chi connectivity index (χ1v) is 4.63. The van der Waals surface area contributed by atoms with Crippen molar-refractivity contribution in [3.8, 4) is 0 Å². The number of amides is 2. The van der Waals surface area contributed by atoms with Crippen LogP contribution in [0.1, 0.15) is 5.56 Å². The Labute approximate surface area is 87.9 Å². The first-order valence-electron chi connectivity index (χ1n) is 4.63. The Hall–Kier alpha value is -1.91. The van der Waals surface area contributed by atoms with Crippen LogP contribution in [0, 0.1) is 0 Å². The number of pyridine rings is 1. The van der Waals surface area contributed by atoms with Gasteiger partial charge in [-0.25, -0.2) is 0 Å². The maximum absolute atomic E-state index is 11.0. The maximum Gasteiger partial charge on any atom is 0.309 e. The molecule has 0 unspecified atom stereocenters. The second kappa shape index (κ2) is 5.74. The zero-order valence-electron chi connectivity index (χ0n) is 8.49. The van der Waals surface area contributed by atoms with Crippen LogP contribution < -0.4 is 10.6 Å². The monoisotopic (exact) mass is 207 g/mol. The van der Waals surface area contributed by atoms with Crippen LogP contribution in [0.3, 0.4) is 0 Å². The number of hydrogen-bond donors (Lipinski definition) is 2. The van der Waals surface area contributed by atoms with Crippen molar-refractivity contribution < 1.29 is 9.59 Å². The highest BCUT2D eigenvalue weighted by Crippen LogP contribution is 1.95. The fraction of sp³-hybridized carbons (Fsp3) is 0.300. The summed E-state index contributed by atoms with van der Waals surface area (Å²) in [7, 11) is 1.42. The molecule has 1 heterocycles. The molecule has 1 aromatic rings. The van der Waals surface area contributed by atoms with E-state index in [-0.39, 0.29) is 0 Å². The molecule has 0 saturated carbocycles. The highest BCUT2D eigenvalue weighted by atomic mass is 16.2. The molecular formula is C10H13N3O2. The van der Waals surface area contributed by atoms with Crippen LogP contribution in [0.15, 0.2) is 24.5 Å². The zero-order valence-corrected chi connectivity index (χ0v) is 8.49. The van der Waals surface area contributed by atoms with E-state index in [9.17, 15) is 9.59 Å². The lowest BCUT2D eigenvalue weighted by Crippen LogP contribution is -2.38. The number of carbonyl (C=O) groups excluding carboxylic acids is 2. The van der Waals surface area contributed by atoms with Gasteiger partial charge in [-0.1, -0.05) is 6.07 Å². The summed E-state index contributed by atoms with van der Waals surface area (Å²) < 4.78 is 0. The third-order valence-electron chi connectivity index (χ3n) is 1.86. The largest absolute Gasteiger partial charge is 0.351 e. The van der Waals surface area contributed by atoms with Gasteiger partial charge >= 0.3 is 11.8 Å². The first kappa shape index (κ1) is 11.2. The Balaban J connectivity index is 2.28. The molecule has 80 valence electrons. The van der Waals surface area contributed by atoms with Gasteiger partial charge in [0.05, 0.1) is 0 Å². The second-order valence-electron chi connectivity index (χ2n) is 2.95. The molecule has 0 aromatic carbocycles. The molecule has 0 aliphatic carbocycles. The molecule has 0 fully saturated rings. The van der Waals surface area contributed by atoms with Gasteiger partial charge in [-0.15, -0.1) is 0 Å². The van der Waals surface area contributed by atoms with Crippen LogP contribution >= 0.6 is 0 Å². The van der Waals surface area contributed by atoms with Crippen LogP contribution in [-0.2, 0) is 16.0 Å². The summed E-state index contributed by atoms with van der Waals surface area (Å²) in [5.74, 6) is -1.23. The topological polar surface area (TPSA) is 71.1 Å². The highest BCUT2D eigenvalue weighted by Gasteiger charge is 2.09. The summed E-state index contributed by atoms with van der Waals surface area (Å²) in [4.78, 5) is 25.8. The lowest BCUT2D eigenvalue weighted by molar-refractivity contribution is -0.138. The minimum atomic E-state index is -0.624. The number of nitrogens with zero attached hydrogens (tertiary/aromatic N) is 1. The van der Waals surface area contributed by atoms with Crippen molar-refractivity contribution in [2.75, 3.05) is 13.6 Å². The van der Waals surface area contributed by atoms with Gasteiger partial charge in [0, 0.05) is 26.0 Å². The molecule has 0 aliphatic rings. The predicted molar refractivity (Wildman–Crippen MR) is 55.0 cm³/mol. The molecular weight excluding hydrogens is 194 g/mol. The molecule has 5 heteroatoms. The van der Waals surface area contributed by atoms with Crippen LogP contribution in [-0.4, -0.2) is 30.4 Å². The van der Waals surface area contributed by atoms with Crippen LogP contribution in [0.5, 0.6) is 0 Å². The molecule has 0 bridgehead atoms. The van der Waals surface area contributed by atoms with E-state index < -0.39 is 11.8 Å². The predicted octanol–water partition coefficient (Wildman–Crippen LogP) is -0.514. The fourth-order valence-corrected chi connectivity index (χ4v) is 1.06. The van der Waals surface area contributed by atoms with Gasteiger partial charge < -0.3 is 10.6 Å². The van der Waals surface area contributed by atoms with E-state index >= 15 is 0 Å². The lowest BCUT2D eigenvalue weighted by atomic mass is 10.2. The summed E-state index contributed by atoms with van der Waals surface area (Å²) in [5.41, 5.74) is 1.02. The summed E-state index contributed by atoms with van der Waals surface area (Å²) in [5, 5.41) is 4.75. The van der Waals surface area contributed by atoms with Gasteiger partial charge in [0.2, 0.25) is 0 Å². The molecule has 1 aromatic heterocycles. The van der Waals surface area contributed by atoms with Crippen LogP contribution in [0.25, 0.3) is 0 Å². The third-order valence-corrected chi connectivity index (χ3v) is 1.86. The minimum Gasteiger partial charge on any atom is -0.351 e. The van der Waals surface area contributed by atoms with Crippen molar-refractivity contribution in [1.29, 1.82) is 0 Å². The first-order chi connectivity index (χ1) is 7.24. The second-order valence-corrected chi connectivity index (χ2v) is 2.95. The van der Waals surface area contributed by atoms with Crippen molar-refractivity contribution >= 4 is 11.8 Å². The van der Waals surface area contributed by atoms with Crippen LogP contribution in [0.2, 0.25) is 0 Å². The van der Waals surface area contributed by atoms with E-state index in [1.807, 2.05) is 12.1 Å². The molecule has 2 N–H and O–H groups in total. The van der Waals surface area contributed by atoms with Gasteiger partial charge in [-0.3, -0.25) is 14.6 Å². The maximum atomic E-state index is 11.0. The number of carbonyl (C=O) groups is 2. The Morgan fingerprint density at radius 3 is 2.80 bits per heavy atom. The highest BCUT2D eigenvalue weighted by molar-refractivity contribution is 6.34. The van der Waals surface area contributed by atoms with E-state index in [1.165, 1.54) is 7.05 Å². The molecule has 1 rings (SSSR count). The van der Waals surface area contributed by atoms with Gasteiger partial charge in [0.1, 0.15) is 0 Å². The standard InChI is InChI=1S/C10H13N3O2/c1-11-9(14)10(15)13-6-4-8-3-2-5-12-7-8/h2-3,5,7H,4,6H2,1H3,(H,11,14)(H,13,15). The van der Waals surface area contributed by atoms with Gasteiger partial charge in [-0.05, 0) is 18.1 Å². The van der Waals surface area contributed by atoms with E-state index in [0.717, 1.165) is 5.56 Å². The molecule has 0 spiro atoms. The van der Waals surface area contributed by atoms with Crippen molar-refractivity contribution in [3.63, 3.8) is 0 Å². The molecule has 5 nitrogen and oxygen atoms in total. The summed E-state index contributed by atoms with van der Waals surface area (Å²) in [6.45, 7) is 0.429. The quantitative estimate of drug-likeness (QED) is 0.655. The van der Waals surface area contributed by atoms with Crippen molar-refractivity contribution in [2.24, 2.45) is 0 Å². The summed E-state index contributed by atoms with van der Waals surface area (Å²) in [6.07, 6.45) is 4.08. The Morgan fingerprint density at radius 1 is 1.40 bits per heavy atom. The normalized spacial score (nSPS) is 9.40. The Kier molecular flexibility index (Phi) is 4.28. The summed E-state index contributed by atoms with van der Waals surface area (Å²) >= 11 is 0. The number of hydrogen-bond acceptors (Lipinski definition) is 3. The van der Waals surface area contributed by atoms with Gasteiger partial charge in [-0.2, -0.15) is 0 Å². The molecule has 0 aliphatic heterocycles. The zero-order chi connectivity index (χ0) is 11.1. The van der Waals surface area contributed by atoms with Crippen molar-refractivity contribution in [2.45, 2.75) is 6.42 Å². The fourth-order valence-electron chi connectivity index (χ4n) is 1.06. The SMILES string of the molecule is CNC(=O)C(=O)NCCc1cccnc1. The van der Waals surface area contributed by atoms with E-state index in [2.05, 4.69) is 15.6 Å². The summed E-state index contributed by atoms with van der Waals surface area (Å²) in [6, 6.07) is 3.74. The minimum absolute atomic E-state index is 0.429. The van der Waals surface area contributed by atoms with Crippen molar-refractivity contribution in [1.82, 2.24) is 15.6 Å². The van der Waals surface area contributed by atoms with Gasteiger partial charge in [0.15, 0.2) is 0 Å². The average molecular weight is 207 g/mol. The molecule has 15 heavy (non-hydrogen) atoms. The molecule has 0 saturated heterocycles. The Morgan fingerprint density at radius 2 is 2.20 bits per heavy atom. The molecule has 2 amide bonds. The van der Waals surface area contributed by atoms with Gasteiger partial charge in [0.25, 0.3) is 0 Å². The molecule has 0 atom stereocenters. The Bertz CT molecular complexity index is 338. The number of nitrogens with one attached hydrogen (secondary N) is 2. The number of likely N-dealkylation sites (N-methyl/N-ethyl adjacent to an activating group) is 1. The third kappa shape index (κ3) is 3.76. The van der Waals surface area contributed by atoms with Crippen LogP contribution in [0.4, 0.5) is 0 Å². The lowest BCUT2D eigenvalue weighted by Gasteiger charge is -2.03. The van der Waals surface area contributed by atoms with E-state index in [4.69, 9.17) is 0 Å². The number of rotatable bonds is 3. The van der Waals surface area contributed by atoms with Crippen molar-refractivity contribution in [3.05, 3.63) is 30.1 Å². The van der Waals surface area contributed by atoms with E-state index in [0.29, 0.717) is 13.0 Å². The number of aromatic nitrogens is 1. The smallest absolute Gasteiger partial charge is 0.309 e. The molecule has 0 radical (unpaired) electrons.